The molecule has 1 fully saturated rings. The van der Waals surface area contributed by atoms with Crippen molar-refractivity contribution in [3.8, 4) is 6.07 Å². The van der Waals surface area contributed by atoms with Gasteiger partial charge in [0, 0.05) is 25.8 Å². The van der Waals surface area contributed by atoms with Crippen molar-refractivity contribution in [3.05, 3.63) is 30.1 Å². The van der Waals surface area contributed by atoms with Crippen molar-refractivity contribution in [2.75, 3.05) is 13.1 Å². The molecule has 0 amide bonds. The van der Waals surface area contributed by atoms with E-state index in [0.29, 0.717) is 0 Å². The predicted molar refractivity (Wildman–Crippen MR) is 62.5 cm³/mol. The number of hydrogen-bond donors (Lipinski definition) is 0. The fourth-order valence-electron chi connectivity index (χ4n) is 2.04. The first kappa shape index (κ1) is 11.1. The molecule has 1 aromatic rings. The zero-order chi connectivity index (χ0) is 11.4. The monoisotopic (exact) mass is 215 g/mol. The highest BCUT2D eigenvalue weighted by Gasteiger charge is 2.29. The van der Waals surface area contributed by atoms with Crippen LogP contribution in [0.3, 0.4) is 0 Å². The normalized spacial score (nSPS) is 20.2. The Labute approximate surface area is 96.7 Å². The lowest BCUT2D eigenvalue weighted by Gasteiger charge is -2.34. The van der Waals surface area contributed by atoms with Crippen molar-refractivity contribution < 1.29 is 0 Å². The Kier molecular flexibility index (Phi) is 3.21. The second kappa shape index (κ2) is 4.63. The van der Waals surface area contributed by atoms with Gasteiger partial charge in [-0.2, -0.15) is 5.26 Å². The minimum absolute atomic E-state index is 0.110. The molecule has 1 aliphatic rings. The molecule has 3 heteroatoms. The summed E-state index contributed by atoms with van der Waals surface area (Å²) in [5.41, 5.74) is 1.00. The van der Waals surface area contributed by atoms with Gasteiger partial charge in [0.05, 0.1) is 17.2 Å². The van der Waals surface area contributed by atoms with E-state index in [1.165, 1.54) is 0 Å². The molecule has 1 aliphatic heterocycles. The van der Waals surface area contributed by atoms with Crippen LogP contribution < -0.4 is 0 Å². The average Bonchev–Trinajstić information content (AvgIpc) is 2.34. The lowest BCUT2D eigenvalue weighted by atomic mass is 9.82. The van der Waals surface area contributed by atoms with Crippen LogP contribution in [0.2, 0.25) is 0 Å². The Morgan fingerprint density at radius 2 is 2.19 bits per heavy atom. The third kappa shape index (κ3) is 2.59. The molecule has 1 saturated heterocycles. The van der Waals surface area contributed by atoms with Gasteiger partial charge in [-0.25, -0.2) is 0 Å². The van der Waals surface area contributed by atoms with Crippen LogP contribution in [0.25, 0.3) is 0 Å². The maximum Gasteiger partial charge on any atom is 0.0687 e. The summed E-state index contributed by atoms with van der Waals surface area (Å²) in [5.74, 6) is 0. The van der Waals surface area contributed by atoms with E-state index >= 15 is 0 Å². The third-order valence-electron chi connectivity index (χ3n) is 3.34. The summed E-state index contributed by atoms with van der Waals surface area (Å²) >= 11 is 0. The van der Waals surface area contributed by atoms with Crippen molar-refractivity contribution in [1.82, 2.24) is 9.88 Å². The van der Waals surface area contributed by atoms with E-state index in [0.717, 1.165) is 38.2 Å². The van der Waals surface area contributed by atoms with Crippen LogP contribution in [0, 0.1) is 16.7 Å². The lowest BCUT2D eigenvalue weighted by molar-refractivity contribution is 0.149. The molecule has 0 N–H and O–H groups in total. The van der Waals surface area contributed by atoms with Gasteiger partial charge in [-0.1, -0.05) is 6.07 Å². The zero-order valence-corrected chi connectivity index (χ0v) is 9.69. The van der Waals surface area contributed by atoms with Crippen LogP contribution in [0.4, 0.5) is 0 Å². The van der Waals surface area contributed by atoms with Crippen molar-refractivity contribution in [3.63, 3.8) is 0 Å². The molecular weight excluding hydrogens is 198 g/mol. The van der Waals surface area contributed by atoms with E-state index in [1.54, 1.807) is 0 Å². The van der Waals surface area contributed by atoms with Gasteiger partial charge in [0.15, 0.2) is 0 Å². The smallest absolute Gasteiger partial charge is 0.0687 e. The van der Waals surface area contributed by atoms with E-state index in [9.17, 15) is 0 Å². The van der Waals surface area contributed by atoms with Crippen LogP contribution >= 0.6 is 0 Å². The fraction of sp³-hybridized carbons (Fsp3) is 0.538. The number of rotatable bonds is 2. The number of likely N-dealkylation sites (tertiary alicyclic amines) is 1. The summed E-state index contributed by atoms with van der Waals surface area (Å²) in [7, 11) is 0. The Balaban J connectivity index is 1.89. The molecule has 0 atom stereocenters. The number of nitriles is 1. The van der Waals surface area contributed by atoms with Crippen molar-refractivity contribution in [2.45, 2.75) is 26.3 Å². The summed E-state index contributed by atoms with van der Waals surface area (Å²) in [5, 5.41) is 9.05. The molecule has 0 aliphatic carbocycles. The van der Waals surface area contributed by atoms with Gasteiger partial charge in [-0.05, 0) is 31.9 Å². The number of aromatic nitrogens is 1. The molecule has 0 unspecified atom stereocenters. The Bertz CT molecular complexity index is 372. The standard InChI is InChI=1S/C13H17N3/c1-13(11-14)5-8-16(9-6-13)10-12-4-2-3-7-15-12/h2-4,7H,5-6,8-10H2,1H3. The van der Waals surface area contributed by atoms with Crippen molar-refractivity contribution >= 4 is 0 Å². The third-order valence-corrected chi connectivity index (χ3v) is 3.34. The van der Waals surface area contributed by atoms with Crippen LogP contribution in [0.15, 0.2) is 24.4 Å². The summed E-state index contributed by atoms with van der Waals surface area (Å²) in [6.45, 7) is 4.97. The molecule has 0 radical (unpaired) electrons. The van der Waals surface area contributed by atoms with Gasteiger partial charge in [-0.3, -0.25) is 9.88 Å². The summed E-state index contributed by atoms with van der Waals surface area (Å²) in [6, 6.07) is 8.43. The van der Waals surface area contributed by atoms with E-state index in [-0.39, 0.29) is 5.41 Å². The van der Waals surface area contributed by atoms with Gasteiger partial charge in [0.1, 0.15) is 0 Å². The van der Waals surface area contributed by atoms with Gasteiger partial charge in [0.25, 0.3) is 0 Å². The zero-order valence-electron chi connectivity index (χ0n) is 9.69. The number of nitrogens with zero attached hydrogens (tertiary/aromatic N) is 3. The Morgan fingerprint density at radius 3 is 2.75 bits per heavy atom. The second-order valence-corrected chi connectivity index (χ2v) is 4.77. The number of hydrogen-bond acceptors (Lipinski definition) is 3. The highest BCUT2D eigenvalue weighted by Crippen LogP contribution is 2.30. The summed E-state index contributed by atoms with van der Waals surface area (Å²) in [4.78, 5) is 6.70. The first-order valence-corrected chi connectivity index (χ1v) is 5.75. The quantitative estimate of drug-likeness (QED) is 0.759. The van der Waals surface area contributed by atoms with Crippen molar-refractivity contribution in [1.29, 1.82) is 5.26 Å². The van der Waals surface area contributed by atoms with Crippen LogP contribution in [-0.2, 0) is 6.54 Å². The Hall–Kier alpha value is -1.40. The van der Waals surface area contributed by atoms with Gasteiger partial charge < -0.3 is 0 Å². The molecule has 2 heterocycles. The van der Waals surface area contributed by atoms with Crippen molar-refractivity contribution in [2.24, 2.45) is 5.41 Å². The molecule has 84 valence electrons. The van der Waals surface area contributed by atoms with Gasteiger partial charge in [0.2, 0.25) is 0 Å². The second-order valence-electron chi connectivity index (χ2n) is 4.77. The molecular formula is C13H17N3. The lowest BCUT2D eigenvalue weighted by Crippen LogP contribution is -2.37. The van der Waals surface area contributed by atoms with Gasteiger partial charge in [-0.15, -0.1) is 0 Å². The van der Waals surface area contributed by atoms with Crippen LogP contribution in [0.5, 0.6) is 0 Å². The molecule has 2 rings (SSSR count). The first-order valence-electron chi connectivity index (χ1n) is 5.75. The molecule has 0 spiro atoms. The van der Waals surface area contributed by atoms with E-state index in [1.807, 2.05) is 18.3 Å². The summed E-state index contributed by atoms with van der Waals surface area (Å²) in [6.07, 6.45) is 3.77. The van der Waals surface area contributed by atoms with E-state index in [2.05, 4.69) is 28.9 Å². The average molecular weight is 215 g/mol. The van der Waals surface area contributed by atoms with Crippen LogP contribution in [0.1, 0.15) is 25.5 Å². The summed E-state index contributed by atoms with van der Waals surface area (Å²) < 4.78 is 0. The molecule has 1 aromatic heterocycles. The maximum atomic E-state index is 9.05. The minimum Gasteiger partial charge on any atom is -0.297 e. The predicted octanol–water partition coefficient (Wildman–Crippen LogP) is 2.21. The van der Waals surface area contributed by atoms with Gasteiger partial charge >= 0.3 is 0 Å². The van der Waals surface area contributed by atoms with E-state index < -0.39 is 0 Å². The maximum absolute atomic E-state index is 9.05. The largest absolute Gasteiger partial charge is 0.297 e. The first-order chi connectivity index (χ1) is 7.72. The highest BCUT2D eigenvalue weighted by atomic mass is 15.1. The number of pyridine rings is 1. The fourth-order valence-corrected chi connectivity index (χ4v) is 2.04. The topological polar surface area (TPSA) is 39.9 Å². The molecule has 16 heavy (non-hydrogen) atoms. The van der Waals surface area contributed by atoms with E-state index in [4.69, 9.17) is 5.26 Å². The Morgan fingerprint density at radius 1 is 1.44 bits per heavy atom. The highest BCUT2D eigenvalue weighted by molar-refractivity contribution is 5.04. The molecule has 0 bridgehead atoms. The molecule has 3 nitrogen and oxygen atoms in total. The van der Waals surface area contributed by atoms with Crippen LogP contribution in [-0.4, -0.2) is 23.0 Å². The molecule has 0 aromatic carbocycles. The SMILES string of the molecule is CC1(C#N)CCN(Cc2ccccn2)CC1. The molecule has 0 saturated carbocycles. The minimum atomic E-state index is -0.110. The number of piperidine rings is 1.